The molecule has 0 spiro atoms. The Hall–Kier alpha value is -3.74. The molecule has 3 amide bonds. The number of fused-ring (bicyclic) bond motifs is 1. The first-order valence-corrected chi connectivity index (χ1v) is 8.22. The highest BCUT2D eigenvalue weighted by atomic mass is 16.5. The Morgan fingerprint density at radius 2 is 1.70 bits per heavy atom. The molecule has 2 aromatic carbocycles. The third-order valence-electron chi connectivity index (χ3n) is 3.82. The number of carbonyl (C=O) groups is 3. The molecule has 0 aliphatic heterocycles. The highest BCUT2D eigenvalue weighted by Gasteiger charge is 2.17. The van der Waals surface area contributed by atoms with E-state index in [1.54, 1.807) is 24.3 Å². The third kappa shape index (κ3) is 4.27. The lowest BCUT2D eigenvalue weighted by Gasteiger charge is -2.10. The lowest BCUT2D eigenvalue weighted by Crippen LogP contribution is -2.39. The predicted molar refractivity (Wildman–Crippen MR) is 100 cm³/mol. The summed E-state index contributed by atoms with van der Waals surface area (Å²) >= 11 is 0. The minimum atomic E-state index is -0.718. The van der Waals surface area contributed by atoms with Crippen molar-refractivity contribution < 1.29 is 19.1 Å². The molecule has 136 valence electrons. The van der Waals surface area contributed by atoms with Gasteiger partial charge in [0.2, 0.25) is 0 Å². The van der Waals surface area contributed by atoms with Crippen LogP contribution in [0.3, 0.4) is 0 Å². The minimum Gasteiger partial charge on any atom is -0.452 e. The second kappa shape index (κ2) is 8.09. The lowest BCUT2D eigenvalue weighted by molar-refractivity contribution is -0.123. The fourth-order valence-corrected chi connectivity index (χ4v) is 2.54. The van der Waals surface area contributed by atoms with E-state index in [9.17, 15) is 14.4 Å². The van der Waals surface area contributed by atoms with Gasteiger partial charge in [-0.3, -0.25) is 10.1 Å². The standard InChI is InChI=1S/C20H17N3O4/c1-21-20(26)23-18(24)12-27-19(25)15-11-17(13-7-3-2-4-8-13)22-16-10-6-5-9-14(15)16/h2-11H,12H2,1H3,(H2,21,23,24,26). The van der Waals surface area contributed by atoms with Crippen molar-refractivity contribution in [1.29, 1.82) is 0 Å². The van der Waals surface area contributed by atoms with E-state index in [4.69, 9.17) is 4.74 Å². The van der Waals surface area contributed by atoms with Crippen molar-refractivity contribution in [3.63, 3.8) is 0 Å². The van der Waals surface area contributed by atoms with Gasteiger partial charge in [-0.05, 0) is 12.1 Å². The summed E-state index contributed by atoms with van der Waals surface area (Å²) in [5, 5.41) is 4.90. The molecule has 1 aromatic heterocycles. The number of aromatic nitrogens is 1. The average Bonchev–Trinajstić information content (AvgIpc) is 2.71. The maximum Gasteiger partial charge on any atom is 0.339 e. The topological polar surface area (TPSA) is 97.4 Å². The van der Waals surface area contributed by atoms with Crippen LogP contribution >= 0.6 is 0 Å². The van der Waals surface area contributed by atoms with Crippen LogP contribution in [0.4, 0.5) is 4.79 Å². The number of hydrogen-bond acceptors (Lipinski definition) is 5. The van der Waals surface area contributed by atoms with Gasteiger partial charge in [0.1, 0.15) is 0 Å². The fourth-order valence-electron chi connectivity index (χ4n) is 2.54. The number of hydrogen-bond donors (Lipinski definition) is 2. The molecular formula is C20H17N3O4. The van der Waals surface area contributed by atoms with Crippen molar-refractivity contribution in [2.45, 2.75) is 0 Å². The largest absolute Gasteiger partial charge is 0.452 e. The van der Waals surface area contributed by atoms with Crippen molar-refractivity contribution in [1.82, 2.24) is 15.6 Å². The first kappa shape index (κ1) is 18.1. The molecule has 0 saturated carbocycles. The van der Waals surface area contributed by atoms with E-state index in [-0.39, 0.29) is 0 Å². The number of esters is 1. The van der Waals surface area contributed by atoms with Crippen molar-refractivity contribution in [2.24, 2.45) is 0 Å². The molecule has 0 radical (unpaired) electrons. The van der Waals surface area contributed by atoms with Crippen LogP contribution in [0.1, 0.15) is 10.4 Å². The van der Waals surface area contributed by atoms with Gasteiger partial charge in [-0.1, -0.05) is 48.5 Å². The van der Waals surface area contributed by atoms with Gasteiger partial charge in [0.05, 0.1) is 16.8 Å². The molecule has 3 aromatic rings. The van der Waals surface area contributed by atoms with Crippen molar-refractivity contribution in [3.8, 4) is 11.3 Å². The normalized spacial score (nSPS) is 10.3. The second-order valence-corrected chi connectivity index (χ2v) is 5.64. The number of nitrogens with one attached hydrogen (secondary N) is 2. The van der Waals surface area contributed by atoms with E-state index < -0.39 is 24.5 Å². The Balaban J connectivity index is 1.89. The molecule has 0 fully saturated rings. The minimum absolute atomic E-state index is 0.298. The molecule has 7 nitrogen and oxygen atoms in total. The number of carbonyl (C=O) groups excluding carboxylic acids is 3. The van der Waals surface area contributed by atoms with Gasteiger partial charge in [-0.25, -0.2) is 14.6 Å². The van der Waals surface area contributed by atoms with E-state index in [1.807, 2.05) is 41.7 Å². The Kier molecular flexibility index (Phi) is 5.41. The summed E-state index contributed by atoms with van der Waals surface area (Å²) < 4.78 is 5.08. The van der Waals surface area contributed by atoms with Gasteiger partial charge in [0.25, 0.3) is 5.91 Å². The van der Waals surface area contributed by atoms with Crippen molar-refractivity contribution in [3.05, 3.63) is 66.2 Å². The zero-order valence-electron chi connectivity index (χ0n) is 14.6. The molecule has 1 heterocycles. The molecule has 0 bridgehead atoms. The number of para-hydroxylation sites is 1. The second-order valence-electron chi connectivity index (χ2n) is 5.64. The summed E-state index contributed by atoms with van der Waals surface area (Å²) in [7, 11) is 1.38. The Morgan fingerprint density at radius 1 is 1.00 bits per heavy atom. The molecule has 0 unspecified atom stereocenters. The molecule has 27 heavy (non-hydrogen) atoms. The molecule has 7 heteroatoms. The molecule has 0 aliphatic rings. The molecule has 2 N–H and O–H groups in total. The first-order chi connectivity index (χ1) is 13.1. The number of urea groups is 1. The quantitative estimate of drug-likeness (QED) is 0.694. The molecule has 0 saturated heterocycles. The zero-order valence-corrected chi connectivity index (χ0v) is 14.6. The average molecular weight is 363 g/mol. The molecule has 3 rings (SSSR count). The van der Waals surface area contributed by atoms with E-state index in [2.05, 4.69) is 10.3 Å². The molecular weight excluding hydrogens is 346 g/mol. The Morgan fingerprint density at radius 3 is 2.44 bits per heavy atom. The van der Waals surface area contributed by atoms with Gasteiger partial charge >= 0.3 is 12.0 Å². The summed E-state index contributed by atoms with van der Waals surface area (Å²) in [5.74, 6) is -1.39. The highest BCUT2D eigenvalue weighted by molar-refractivity contribution is 6.05. The summed E-state index contributed by atoms with van der Waals surface area (Å²) in [6, 6.07) is 17.6. The number of imide groups is 1. The fraction of sp³-hybridized carbons (Fsp3) is 0.100. The summed E-state index contributed by atoms with van der Waals surface area (Å²) in [5.41, 5.74) is 2.42. The number of amides is 3. The van der Waals surface area contributed by atoms with E-state index in [1.165, 1.54) is 7.05 Å². The van der Waals surface area contributed by atoms with Crippen LogP contribution < -0.4 is 10.6 Å². The summed E-state index contributed by atoms with van der Waals surface area (Å²) in [6.07, 6.45) is 0. The smallest absolute Gasteiger partial charge is 0.339 e. The van der Waals surface area contributed by atoms with Gasteiger partial charge < -0.3 is 10.1 Å². The summed E-state index contributed by atoms with van der Waals surface area (Å²) in [6.45, 7) is -0.566. The van der Waals surface area contributed by atoms with Gasteiger partial charge in [-0.15, -0.1) is 0 Å². The number of rotatable bonds is 4. The number of ether oxygens (including phenoxy) is 1. The van der Waals surface area contributed by atoms with Gasteiger partial charge in [-0.2, -0.15) is 0 Å². The van der Waals surface area contributed by atoms with Crippen molar-refractivity contribution in [2.75, 3.05) is 13.7 Å². The predicted octanol–water partition coefficient (Wildman–Crippen LogP) is 2.51. The first-order valence-electron chi connectivity index (χ1n) is 8.22. The van der Waals surface area contributed by atoms with Crippen LogP contribution in [0.25, 0.3) is 22.2 Å². The van der Waals surface area contributed by atoms with Crippen LogP contribution in [0.15, 0.2) is 60.7 Å². The maximum absolute atomic E-state index is 12.6. The van der Waals surface area contributed by atoms with Crippen LogP contribution in [0.5, 0.6) is 0 Å². The SMILES string of the molecule is CNC(=O)NC(=O)COC(=O)c1cc(-c2ccccc2)nc2ccccc12. The van der Waals surface area contributed by atoms with E-state index >= 15 is 0 Å². The summed E-state index contributed by atoms with van der Waals surface area (Å²) in [4.78, 5) is 39.9. The molecule has 0 atom stereocenters. The Bertz CT molecular complexity index is 1000. The van der Waals surface area contributed by atoms with Crippen LogP contribution in [-0.4, -0.2) is 36.5 Å². The molecule has 0 aliphatic carbocycles. The van der Waals surface area contributed by atoms with Crippen LogP contribution in [0, 0.1) is 0 Å². The van der Waals surface area contributed by atoms with E-state index in [0.717, 1.165) is 5.56 Å². The monoisotopic (exact) mass is 363 g/mol. The van der Waals surface area contributed by atoms with Gasteiger partial charge in [0, 0.05) is 18.0 Å². The lowest BCUT2D eigenvalue weighted by atomic mass is 10.0. The van der Waals surface area contributed by atoms with Crippen LogP contribution in [0.2, 0.25) is 0 Å². The number of benzene rings is 2. The number of nitrogens with zero attached hydrogens (tertiary/aromatic N) is 1. The third-order valence-corrected chi connectivity index (χ3v) is 3.82. The van der Waals surface area contributed by atoms with Crippen LogP contribution in [-0.2, 0) is 9.53 Å². The highest BCUT2D eigenvalue weighted by Crippen LogP contribution is 2.25. The van der Waals surface area contributed by atoms with Crippen molar-refractivity contribution >= 4 is 28.8 Å². The maximum atomic E-state index is 12.6. The van der Waals surface area contributed by atoms with Gasteiger partial charge in [0.15, 0.2) is 6.61 Å². The zero-order chi connectivity index (χ0) is 19.2. The van der Waals surface area contributed by atoms with E-state index in [0.29, 0.717) is 22.2 Å². The number of pyridine rings is 1. The Labute approximate surface area is 155 Å².